The van der Waals surface area contributed by atoms with Gasteiger partial charge in [0.25, 0.3) is 0 Å². The van der Waals surface area contributed by atoms with Crippen LogP contribution in [0.15, 0.2) is 60.8 Å². The molecule has 0 unspecified atom stereocenters. The van der Waals surface area contributed by atoms with Crippen LogP contribution in [0.2, 0.25) is 0 Å². The number of aromatic nitrogens is 1. The molecule has 148 valence electrons. The van der Waals surface area contributed by atoms with Crippen molar-refractivity contribution < 1.29 is 9.59 Å². The minimum atomic E-state index is -0.0719. The highest BCUT2D eigenvalue weighted by atomic mass is 16.2. The van der Waals surface area contributed by atoms with Gasteiger partial charge < -0.3 is 10.6 Å². The molecule has 0 spiro atoms. The SMILES string of the molecule is Cc1ccc(NC(=O)C2CCC(C(=O)Nc3cccc4cccnc34)CC2)cc1. The van der Waals surface area contributed by atoms with Gasteiger partial charge in [0, 0.05) is 29.1 Å². The highest BCUT2D eigenvalue weighted by Gasteiger charge is 2.30. The standard InChI is InChI=1S/C24H25N3O2/c1-16-7-13-20(14-8-16)26-23(28)18-9-11-19(12-10-18)24(29)27-21-6-2-4-17-5-3-15-25-22(17)21/h2-8,13-15,18-19H,9-12H2,1H3,(H,26,28)(H,27,29). The van der Waals surface area contributed by atoms with Gasteiger partial charge in [-0.3, -0.25) is 14.6 Å². The molecule has 1 aromatic heterocycles. The van der Waals surface area contributed by atoms with Crippen molar-refractivity contribution in [2.24, 2.45) is 11.8 Å². The lowest BCUT2D eigenvalue weighted by Gasteiger charge is -2.27. The van der Waals surface area contributed by atoms with Crippen LogP contribution in [-0.2, 0) is 9.59 Å². The predicted octanol–water partition coefficient (Wildman–Crippen LogP) is 4.93. The number of hydrogen-bond acceptors (Lipinski definition) is 3. The van der Waals surface area contributed by atoms with Crippen molar-refractivity contribution in [3.8, 4) is 0 Å². The molecular formula is C24H25N3O2. The third-order valence-corrected chi connectivity index (χ3v) is 5.68. The molecular weight excluding hydrogens is 362 g/mol. The van der Waals surface area contributed by atoms with Crippen LogP contribution in [0.3, 0.4) is 0 Å². The van der Waals surface area contributed by atoms with Crippen LogP contribution >= 0.6 is 0 Å². The number of benzene rings is 2. The van der Waals surface area contributed by atoms with Gasteiger partial charge in [-0.05, 0) is 56.9 Å². The Labute approximate surface area is 170 Å². The van der Waals surface area contributed by atoms with Crippen molar-refractivity contribution in [1.29, 1.82) is 0 Å². The van der Waals surface area contributed by atoms with Crippen molar-refractivity contribution in [2.45, 2.75) is 32.6 Å². The number of hydrogen-bond donors (Lipinski definition) is 2. The summed E-state index contributed by atoms with van der Waals surface area (Å²) in [5.41, 5.74) is 3.53. The fourth-order valence-corrected chi connectivity index (χ4v) is 3.94. The van der Waals surface area contributed by atoms with Crippen molar-refractivity contribution in [3.05, 3.63) is 66.4 Å². The van der Waals surface area contributed by atoms with Crippen LogP contribution in [0.25, 0.3) is 10.9 Å². The Morgan fingerprint density at radius 3 is 2.14 bits per heavy atom. The molecule has 2 aromatic carbocycles. The predicted molar refractivity (Wildman–Crippen MR) is 116 cm³/mol. The maximum absolute atomic E-state index is 12.8. The average molecular weight is 387 g/mol. The molecule has 0 atom stereocenters. The molecule has 0 radical (unpaired) electrons. The monoisotopic (exact) mass is 387 g/mol. The Morgan fingerprint density at radius 2 is 1.45 bits per heavy atom. The van der Waals surface area contributed by atoms with Crippen molar-refractivity contribution in [2.75, 3.05) is 10.6 Å². The Hall–Kier alpha value is -3.21. The maximum Gasteiger partial charge on any atom is 0.227 e. The summed E-state index contributed by atoms with van der Waals surface area (Å²) < 4.78 is 0. The number of carbonyl (C=O) groups excluding carboxylic acids is 2. The Bertz CT molecular complexity index is 1020. The minimum Gasteiger partial charge on any atom is -0.326 e. The molecule has 3 aromatic rings. The van der Waals surface area contributed by atoms with Crippen LogP contribution in [-0.4, -0.2) is 16.8 Å². The number of aryl methyl sites for hydroxylation is 1. The topological polar surface area (TPSA) is 71.1 Å². The second-order valence-corrected chi connectivity index (χ2v) is 7.77. The van der Waals surface area contributed by atoms with Crippen LogP contribution in [0.5, 0.6) is 0 Å². The van der Waals surface area contributed by atoms with Gasteiger partial charge in [0.05, 0.1) is 11.2 Å². The first-order valence-corrected chi connectivity index (χ1v) is 10.1. The molecule has 2 amide bonds. The van der Waals surface area contributed by atoms with Crippen molar-refractivity contribution in [3.63, 3.8) is 0 Å². The van der Waals surface area contributed by atoms with E-state index >= 15 is 0 Å². The largest absolute Gasteiger partial charge is 0.326 e. The second kappa shape index (κ2) is 8.43. The zero-order valence-corrected chi connectivity index (χ0v) is 16.5. The summed E-state index contributed by atoms with van der Waals surface area (Å²) in [4.78, 5) is 29.7. The third kappa shape index (κ3) is 4.45. The molecule has 1 saturated carbocycles. The zero-order chi connectivity index (χ0) is 20.2. The first kappa shape index (κ1) is 19.1. The van der Waals surface area contributed by atoms with E-state index in [1.807, 2.05) is 61.5 Å². The highest BCUT2D eigenvalue weighted by Crippen LogP contribution is 2.31. The van der Waals surface area contributed by atoms with E-state index in [4.69, 9.17) is 0 Å². The fourth-order valence-electron chi connectivity index (χ4n) is 3.94. The Balaban J connectivity index is 1.33. The summed E-state index contributed by atoms with van der Waals surface area (Å²) in [6.45, 7) is 2.02. The van der Waals surface area contributed by atoms with Crippen LogP contribution in [0, 0.1) is 18.8 Å². The average Bonchev–Trinajstić information content (AvgIpc) is 2.75. The number of pyridine rings is 1. The van der Waals surface area contributed by atoms with E-state index in [0.717, 1.165) is 53.5 Å². The summed E-state index contributed by atoms with van der Waals surface area (Å²) in [6, 6.07) is 17.5. The van der Waals surface area contributed by atoms with Crippen LogP contribution < -0.4 is 10.6 Å². The summed E-state index contributed by atoms with van der Waals surface area (Å²) >= 11 is 0. The fraction of sp³-hybridized carbons (Fsp3) is 0.292. The Morgan fingerprint density at radius 1 is 0.828 bits per heavy atom. The van der Waals surface area contributed by atoms with E-state index in [1.54, 1.807) is 6.20 Å². The van der Waals surface area contributed by atoms with Gasteiger partial charge in [-0.15, -0.1) is 0 Å². The number of rotatable bonds is 4. The molecule has 1 fully saturated rings. The van der Waals surface area contributed by atoms with Crippen molar-refractivity contribution in [1.82, 2.24) is 4.98 Å². The van der Waals surface area contributed by atoms with Gasteiger partial charge in [-0.1, -0.05) is 35.9 Å². The second-order valence-electron chi connectivity index (χ2n) is 7.77. The van der Waals surface area contributed by atoms with Gasteiger partial charge in [-0.2, -0.15) is 0 Å². The van der Waals surface area contributed by atoms with E-state index in [1.165, 1.54) is 0 Å². The first-order chi connectivity index (χ1) is 14.1. The van der Waals surface area contributed by atoms with Gasteiger partial charge in [0.15, 0.2) is 0 Å². The zero-order valence-electron chi connectivity index (χ0n) is 16.5. The number of carbonyl (C=O) groups is 2. The summed E-state index contributed by atoms with van der Waals surface area (Å²) in [5.74, 6) is -0.0523. The van der Waals surface area contributed by atoms with E-state index < -0.39 is 0 Å². The van der Waals surface area contributed by atoms with E-state index in [9.17, 15) is 9.59 Å². The lowest BCUT2D eigenvalue weighted by molar-refractivity contribution is -0.125. The summed E-state index contributed by atoms with van der Waals surface area (Å²) in [6.07, 6.45) is 4.62. The molecule has 0 aliphatic heterocycles. The van der Waals surface area contributed by atoms with Gasteiger partial charge in [0.1, 0.15) is 0 Å². The number of nitrogens with one attached hydrogen (secondary N) is 2. The van der Waals surface area contributed by atoms with Gasteiger partial charge in [-0.25, -0.2) is 0 Å². The molecule has 29 heavy (non-hydrogen) atoms. The van der Waals surface area contributed by atoms with Crippen LogP contribution in [0.4, 0.5) is 11.4 Å². The summed E-state index contributed by atoms with van der Waals surface area (Å²) in [5, 5.41) is 7.04. The van der Waals surface area contributed by atoms with Crippen molar-refractivity contribution >= 4 is 34.1 Å². The lowest BCUT2D eigenvalue weighted by Crippen LogP contribution is -2.32. The van der Waals surface area contributed by atoms with E-state index in [0.29, 0.717) is 0 Å². The van der Waals surface area contributed by atoms with Gasteiger partial charge in [0.2, 0.25) is 11.8 Å². The minimum absolute atomic E-state index is 0.0144. The normalized spacial score (nSPS) is 18.9. The summed E-state index contributed by atoms with van der Waals surface area (Å²) in [7, 11) is 0. The van der Waals surface area contributed by atoms with Crippen LogP contribution in [0.1, 0.15) is 31.2 Å². The molecule has 1 heterocycles. The third-order valence-electron chi connectivity index (χ3n) is 5.68. The number of anilines is 2. The molecule has 1 aliphatic rings. The molecule has 5 heteroatoms. The molecule has 2 N–H and O–H groups in total. The number of nitrogens with zero attached hydrogens (tertiary/aromatic N) is 1. The molecule has 5 nitrogen and oxygen atoms in total. The Kier molecular flexibility index (Phi) is 5.56. The number of para-hydroxylation sites is 1. The highest BCUT2D eigenvalue weighted by molar-refractivity contribution is 6.01. The number of amides is 2. The number of fused-ring (bicyclic) bond motifs is 1. The molecule has 0 saturated heterocycles. The van der Waals surface area contributed by atoms with E-state index in [-0.39, 0.29) is 23.7 Å². The molecule has 1 aliphatic carbocycles. The van der Waals surface area contributed by atoms with Gasteiger partial charge >= 0.3 is 0 Å². The quantitative estimate of drug-likeness (QED) is 0.667. The lowest BCUT2D eigenvalue weighted by atomic mass is 9.81. The molecule has 0 bridgehead atoms. The maximum atomic E-state index is 12.8. The smallest absolute Gasteiger partial charge is 0.227 e. The molecule has 4 rings (SSSR count). The first-order valence-electron chi connectivity index (χ1n) is 10.1. The van der Waals surface area contributed by atoms with E-state index in [2.05, 4.69) is 15.6 Å².